The van der Waals surface area contributed by atoms with Gasteiger partial charge in [0.15, 0.2) is 5.65 Å². The predicted molar refractivity (Wildman–Crippen MR) is 75.7 cm³/mol. The van der Waals surface area contributed by atoms with E-state index < -0.39 is 12.0 Å². The fraction of sp³-hybridized carbons (Fsp3) is 0.385. The first-order valence-corrected chi connectivity index (χ1v) is 6.90. The molecule has 10 heteroatoms. The van der Waals surface area contributed by atoms with Crippen LogP contribution in [0.4, 0.5) is 19.0 Å². The molecule has 0 aromatic carbocycles. The number of alkyl halides is 3. The zero-order valence-electron chi connectivity index (χ0n) is 12.5. The van der Waals surface area contributed by atoms with Crippen LogP contribution in [-0.2, 0) is 19.8 Å². The second-order valence-electron chi connectivity index (χ2n) is 5.02. The Morgan fingerprint density at radius 3 is 2.61 bits per heavy atom. The van der Waals surface area contributed by atoms with Crippen molar-refractivity contribution in [2.45, 2.75) is 19.6 Å². The zero-order valence-corrected chi connectivity index (χ0v) is 12.5. The standard InChI is InChI=1S/C13H14F3N7/c1-3-22(8-9-6-17-21(2)7-9)11-5-4-10-18-19-12(13(14,15)16)23(10)20-11/h4-7H,3,8H2,1-2H3. The Morgan fingerprint density at radius 1 is 1.22 bits per heavy atom. The molecule has 23 heavy (non-hydrogen) atoms. The molecule has 0 fully saturated rings. The fourth-order valence-electron chi connectivity index (χ4n) is 2.25. The molecule has 0 saturated heterocycles. The number of aryl methyl sites for hydroxylation is 1. The largest absolute Gasteiger partial charge is 0.453 e. The van der Waals surface area contributed by atoms with Gasteiger partial charge in [0.1, 0.15) is 5.82 Å². The summed E-state index contributed by atoms with van der Waals surface area (Å²) >= 11 is 0. The molecule has 7 nitrogen and oxygen atoms in total. The summed E-state index contributed by atoms with van der Waals surface area (Å²) in [6, 6.07) is 3.10. The summed E-state index contributed by atoms with van der Waals surface area (Å²) in [5.74, 6) is -0.721. The van der Waals surface area contributed by atoms with Crippen molar-refractivity contribution >= 4 is 11.5 Å². The van der Waals surface area contributed by atoms with Crippen LogP contribution in [0.2, 0.25) is 0 Å². The molecule has 3 aromatic heterocycles. The van der Waals surface area contributed by atoms with Gasteiger partial charge in [-0.3, -0.25) is 4.68 Å². The van der Waals surface area contributed by atoms with E-state index in [1.807, 2.05) is 18.0 Å². The summed E-state index contributed by atoms with van der Waals surface area (Å²) in [6.07, 6.45) is -1.05. The number of aromatic nitrogens is 6. The van der Waals surface area contributed by atoms with Gasteiger partial charge in [0.2, 0.25) is 0 Å². The summed E-state index contributed by atoms with van der Waals surface area (Å²) < 4.78 is 41.2. The Morgan fingerprint density at radius 2 is 2.00 bits per heavy atom. The third-order valence-corrected chi connectivity index (χ3v) is 3.34. The van der Waals surface area contributed by atoms with Crippen molar-refractivity contribution in [3.05, 3.63) is 35.9 Å². The highest BCUT2D eigenvalue weighted by Gasteiger charge is 2.37. The van der Waals surface area contributed by atoms with E-state index in [-0.39, 0.29) is 5.65 Å². The van der Waals surface area contributed by atoms with Gasteiger partial charge < -0.3 is 4.90 Å². The van der Waals surface area contributed by atoms with Crippen LogP contribution in [0.25, 0.3) is 5.65 Å². The maximum Gasteiger partial charge on any atom is 0.453 e. The number of hydrogen-bond donors (Lipinski definition) is 0. The molecule has 0 bridgehead atoms. The number of anilines is 1. The lowest BCUT2D eigenvalue weighted by Gasteiger charge is -2.21. The van der Waals surface area contributed by atoms with Gasteiger partial charge in [-0.1, -0.05) is 0 Å². The molecule has 0 aliphatic carbocycles. The van der Waals surface area contributed by atoms with Gasteiger partial charge in [0.25, 0.3) is 5.82 Å². The minimum absolute atomic E-state index is 0.0542. The van der Waals surface area contributed by atoms with E-state index in [0.717, 1.165) is 10.1 Å². The van der Waals surface area contributed by atoms with Crippen LogP contribution in [0.1, 0.15) is 18.3 Å². The highest BCUT2D eigenvalue weighted by molar-refractivity contribution is 5.46. The van der Waals surface area contributed by atoms with E-state index in [9.17, 15) is 13.2 Å². The number of nitrogens with zero attached hydrogens (tertiary/aromatic N) is 7. The Bertz CT molecular complexity index is 820. The van der Waals surface area contributed by atoms with Crippen LogP contribution in [-0.4, -0.2) is 36.1 Å². The van der Waals surface area contributed by atoms with Crippen molar-refractivity contribution in [3.63, 3.8) is 0 Å². The highest BCUT2D eigenvalue weighted by atomic mass is 19.4. The molecule has 0 atom stereocenters. The van der Waals surface area contributed by atoms with Gasteiger partial charge >= 0.3 is 6.18 Å². The molecular weight excluding hydrogens is 311 g/mol. The van der Waals surface area contributed by atoms with Crippen LogP contribution >= 0.6 is 0 Å². The van der Waals surface area contributed by atoms with Gasteiger partial charge in [-0.2, -0.15) is 22.8 Å². The van der Waals surface area contributed by atoms with Crippen molar-refractivity contribution in [1.82, 2.24) is 29.6 Å². The quantitative estimate of drug-likeness (QED) is 0.733. The lowest BCUT2D eigenvalue weighted by Crippen LogP contribution is -2.24. The van der Waals surface area contributed by atoms with E-state index in [1.54, 1.807) is 24.0 Å². The maximum absolute atomic E-state index is 12.9. The smallest absolute Gasteiger partial charge is 0.351 e. The third kappa shape index (κ3) is 2.96. The summed E-state index contributed by atoms with van der Waals surface area (Å²) in [5, 5.41) is 14.8. The van der Waals surface area contributed by atoms with Gasteiger partial charge in [-0.05, 0) is 19.1 Å². The highest BCUT2D eigenvalue weighted by Crippen LogP contribution is 2.28. The molecule has 0 radical (unpaired) electrons. The SMILES string of the molecule is CCN(Cc1cnn(C)c1)c1ccc2nnc(C(F)(F)F)n2n1. The molecule has 3 aromatic rings. The predicted octanol–water partition coefficient (Wildman–Crippen LogP) is 1.90. The normalized spacial score (nSPS) is 12.0. The Balaban J connectivity index is 1.97. The van der Waals surface area contributed by atoms with Crippen molar-refractivity contribution < 1.29 is 13.2 Å². The molecular formula is C13H14F3N7. The number of hydrogen-bond acceptors (Lipinski definition) is 5. The molecule has 0 saturated carbocycles. The van der Waals surface area contributed by atoms with Crippen molar-refractivity contribution in [3.8, 4) is 0 Å². The van der Waals surface area contributed by atoms with E-state index in [1.165, 1.54) is 6.07 Å². The Labute approximate surface area is 129 Å². The Kier molecular flexibility index (Phi) is 3.66. The first-order chi connectivity index (χ1) is 10.9. The average Bonchev–Trinajstić information content (AvgIpc) is 3.09. The minimum Gasteiger partial charge on any atom is -0.351 e. The number of fused-ring (bicyclic) bond motifs is 1. The molecule has 3 heterocycles. The first kappa shape index (κ1) is 15.3. The molecule has 122 valence electrons. The lowest BCUT2D eigenvalue weighted by molar-refractivity contribution is -0.146. The number of halogens is 3. The first-order valence-electron chi connectivity index (χ1n) is 6.90. The summed E-state index contributed by atoms with van der Waals surface area (Å²) in [7, 11) is 1.80. The van der Waals surface area contributed by atoms with Crippen LogP contribution in [0.3, 0.4) is 0 Å². The van der Waals surface area contributed by atoms with Crippen LogP contribution in [0.5, 0.6) is 0 Å². The number of rotatable bonds is 4. The average molecular weight is 325 g/mol. The molecule has 0 N–H and O–H groups in total. The van der Waals surface area contributed by atoms with Gasteiger partial charge in [-0.15, -0.1) is 15.3 Å². The molecule has 0 spiro atoms. The van der Waals surface area contributed by atoms with Crippen molar-refractivity contribution in [2.75, 3.05) is 11.4 Å². The second-order valence-corrected chi connectivity index (χ2v) is 5.02. The van der Waals surface area contributed by atoms with E-state index in [0.29, 0.717) is 18.9 Å². The summed E-state index contributed by atoms with van der Waals surface area (Å²) in [5.41, 5.74) is 0.995. The van der Waals surface area contributed by atoms with Crippen LogP contribution in [0.15, 0.2) is 24.5 Å². The molecule has 3 rings (SSSR count). The lowest BCUT2D eigenvalue weighted by atomic mass is 10.3. The van der Waals surface area contributed by atoms with Crippen LogP contribution < -0.4 is 4.90 Å². The van der Waals surface area contributed by atoms with Gasteiger partial charge in [0.05, 0.1) is 6.20 Å². The summed E-state index contributed by atoms with van der Waals surface area (Å²) in [6.45, 7) is 2.97. The monoisotopic (exact) mass is 325 g/mol. The zero-order chi connectivity index (χ0) is 16.6. The molecule has 0 aliphatic heterocycles. The summed E-state index contributed by atoms with van der Waals surface area (Å²) in [4.78, 5) is 1.84. The molecule has 0 aliphatic rings. The van der Waals surface area contributed by atoms with E-state index in [2.05, 4.69) is 20.4 Å². The third-order valence-electron chi connectivity index (χ3n) is 3.34. The maximum atomic E-state index is 12.9. The molecule has 0 unspecified atom stereocenters. The van der Waals surface area contributed by atoms with Gasteiger partial charge in [-0.25, -0.2) is 0 Å². The van der Waals surface area contributed by atoms with E-state index >= 15 is 0 Å². The molecule has 0 amide bonds. The van der Waals surface area contributed by atoms with Gasteiger partial charge in [0, 0.05) is 31.9 Å². The Hall–Kier alpha value is -2.65. The van der Waals surface area contributed by atoms with E-state index in [4.69, 9.17) is 0 Å². The van der Waals surface area contributed by atoms with Crippen molar-refractivity contribution in [2.24, 2.45) is 7.05 Å². The second kappa shape index (κ2) is 5.52. The van der Waals surface area contributed by atoms with Crippen molar-refractivity contribution in [1.29, 1.82) is 0 Å². The minimum atomic E-state index is -4.61. The van der Waals surface area contributed by atoms with Crippen LogP contribution in [0, 0.1) is 0 Å². The fourth-order valence-corrected chi connectivity index (χ4v) is 2.25. The topological polar surface area (TPSA) is 64.1 Å².